The van der Waals surface area contributed by atoms with Gasteiger partial charge in [0.2, 0.25) is 5.91 Å². The summed E-state index contributed by atoms with van der Waals surface area (Å²) < 4.78 is 0. The normalized spacial score (nSPS) is 13.5. The van der Waals surface area contributed by atoms with Crippen LogP contribution in [0.2, 0.25) is 10.0 Å². The van der Waals surface area contributed by atoms with Crippen LogP contribution < -0.4 is 11.1 Å². The monoisotopic (exact) mass is 296 g/mol. The number of nitrogens with two attached hydrogens (primary N) is 1. The van der Waals surface area contributed by atoms with Crippen LogP contribution in [0.4, 0.5) is 0 Å². The minimum atomic E-state index is -0.541. The van der Waals surface area contributed by atoms with Gasteiger partial charge in [-0.3, -0.25) is 4.79 Å². The molecule has 6 heteroatoms. The maximum absolute atomic E-state index is 11.4. The van der Waals surface area contributed by atoms with E-state index < -0.39 is 6.04 Å². The zero-order chi connectivity index (χ0) is 12.3. The molecule has 0 fully saturated rings. The number of benzene rings is 1. The number of amides is 1. The van der Waals surface area contributed by atoms with Crippen molar-refractivity contribution in [2.45, 2.75) is 25.9 Å². The summed E-state index contributed by atoms with van der Waals surface area (Å²) >= 11 is 11.9. The van der Waals surface area contributed by atoms with Crippen molar-refractivity contribution in [1.82, 2.24) is 5.32 Å². The van der Waals surface area contributed by atoms with Crippen LogP contribution in [0.15, 0.2) is 18.2 Å². The Kier molecular flexibility index (Phi) is 6.87. The molecule has 0 aromatic heterocycles. The van der Waals surface area contributed by atoms with E-state index in [9.17, 15) is 4.79 Å². The highest BCUT2D eigenvalue weighted by Gasteiger charge is 2.15. The van der Waals surface area contributed by atoms with Gasteiger partial charge < -0.3 is 11.1 Å². The molecule has 0 spiro atoms. The van der Waals surface area contributed by atoms with E-state index in [1.807, 2.05) is 6.92 Å². The minimum absolute atomic E-state index is 0. The Morgan fingerprint density at radius 1 is 1.35 bits per heavy atom. The quantitative estimate of drug-likeness (QED) is 0.901. The molecule has 0 bridgehead atoms. The van der Waals surface area contributed by atoms with Crippen LogP contribution in [0.5, 0.6) is 0 Å². The number of nitrogens with one attached hydrogen (secondary N) is 1. The third kappa shape index (κ3) is 4.72. The molecule has 2 atom stereocenters. The summed E-state index contributed by atoms with van der Waals surface area (Å²) in [6.45, 7) is 3.46. The Morgan fingerprint density at radius 3 is 2.47 bits per heavy atom. The van der Waals surface area contributed by atoms with E-state index in [1.165, 1.54) is 0 Å². The van der Waals surface area contributed by atoms with E-state index in [0.29, 0.717) is 10.0 Å². The zero-order valence-corrected chi connectivity index (χ0v) is 11.9. The highest BCUT2D eigenvalue weighted by molar-refractivity contribution is 6.33. The first kappa shape index (κ1) is 16.5. The third-order valence-electron chi connectivity index (χ3n) is 2.20. The lowest BCUT2D eigenvalue weighted by Gasteiger charge is -2.17. The van der Waals surface area contributed by atoms with Gasteiger partial charge >= 0.3 is 0 Å². The van der Waals surface area contributed by atoms with Crippen LogP contribution >= 0.6 is 35.6 Å². The van der Waals surface area contributed by atoms with E-state index in [4.69, 9.17) is 28.9 Å². The van der Waals surface area contributed by atoms with Crippen molar-refractivity contribution in [3.8, 4) is 0 Å². The molecule has 96 valence electrons. The van der Waals surface area contributed by atoms with Gasteiger partial charge in [-0.15, -0.1) is 12.4 Å². The summed E-state index contributed by atoms with van der Waals surface area (Å²) in [5.41, 5.74) is 6.24. The van der Waals surface area contributed by atoms with E-state index in [2.05, 4.69) is 5.32 Å². The van der Waals surface area contributed by atoms with Gasteiger partial charge in [0.15, 0.2) is 0 Å². The van der Waals surface area contributed by atoms with E-state index in [0.717, 1.165) is 5.56 Å². The molecule has 0 heterocycles. The molecule has 17 heavy (non-hydrogen) atoms. The number of hydrogen-bond acceptors (Lipinski definition) is 2. The van der Waals surface area contributed by atoms with Crippen LogP contribution in [-0.4, -0.2) is 11.9 Å². The summed E-state index contributed by atoms with van der Waals surface area (Å²) in [6.07, 6.45) is 0. The molecule has 0 aliphatic carbocycles. The molecule has 0 radical (unpaired) electrons. The van der Waals surface area contributed by atoms with Crippen molar-refractivity contribution in [2.24, 2.45) is 5.73 Å². The third-order valence-corrected chi connectivity index (χ3v) is 2.78. The maximum Gasteiger partial charge on any atom is 0.237 e. The van der Waals surface area contributed by atoms with Crippen molar-refractivity contribution in [1.29, 1.82) is 0 Å². The lowest BCUT2D eigenvalue weighted by atomic mass is 10.1. The second kappa shape index (κ2) is 7.07. The van der Waals surface area contributed by atoms with Gasteiger partial charge in [-0.2, -0.15) is 0 Å². The predicted octanol–water partition coefficient (Wildman–Crippen LogP) is 2.94. The van der Waals surface area contributed by atoms with Crippen LogP contribution in [0.25, 0.3) is 0 Å². The van der Waals surface area contributed by atoms with Crippen LogP contribution in [0.3, 0.4) is 0 Å². The summed E-state index contributed by atoms with van der Waals surface area (Å²) in [5, 5.41) is 3.91. The summed E-state index contributed by atoms with van der Waals surface area (Å²) in [6, 6.07) is 4.38. The van der Waals surface area contributed by atoms with Gasteiger partial charge in [-0.1, -0.05) is 23.2 Å². The van der Waals surface area contributed by atoms with E-state index in [1.54, 1.807) is 25.1 Å². The number of halogens is 3. The van der Waals surface area contributed by atoms with Gasteiger partial charge in [-0.05, 0) is 37.6 Å². The van der Waals surface area contributed by atoms with Gasteiger partial charge in [0.05, 0.1) is 12.1 Å². The van der Waals surface area contributed by atoms with E-state index in [-0.39, 0.29) is 24.4 Å². The molecule has 1 amide bonds. The summed E-state index contributed by atoms with van der Waals surface area (Å²) in [7, 11) is 0. The highest BCUT2D eigenvalue weighted by Crippen LogP contribution is 2.26. The lowest BCUT2D eigenvalue weighted by molar-refractivity contribution is -0.122. The fourth-order valence-electron chi connectivity index (χ4n) is 1.27. The minimum Gasteiger partial charge on any atom is -0.348 e. The predicted molar refractivity (Wildman–Crippen MR) is 73.9 cm³/mol. The molecule has 3 nitrogen and oxygen atoms in total. The topological polar surface area (TPSA) is 55.1 Å². The second-order valence-electron chi connectivity index (χ2n) is 3.68. The van der Waals surface area contributed by atoms with Crippen molar-refractivity contribution < 1.29 is 4.79 Å². The molecule has 3 N–H and O–H groups in total. The first-order chi connectivity index (χ1) is 7.41. The molecule has 0 saturated carbocycles. The zero-order valence-electron chi connectivity index (χ0n) is 9.54. The van der Waals surface area contributed by atoms with Crippen LogP contribution in [-0.2, 0) is 4.79 Å². The van der Waals surface area contributed by atoms with Gasteiger partial charge in [0.1, 0.15) is 0 Å². The SMILES string of the molecule is CC(NC(=O)[C@@H](C)N)c1cc(Cl)ccc1Cl.Cl. The molecular weight excluding hydrogens is 282 g/mol. The average Bonchev–Trinajstić information content (AvgIpc) is 2.21. The van der Waals surface area contributed by atoms with E-state index >= 15 is 0 Å². The molecule has 1 unspecified atom stereocenters. The Balaban J connectivity index is 0.00000256. The molecule has 0 aliphatic heterocycles. The summed E-state index contributed by atoms with van der Waals surface area (Å²) in [4.78, 5) is 11.4. The Hall–Kier alpha value is -0.480. The van der Waals surface area contributed by atoms with Crippen LogP contribution in [0.1, 0.15) is 25.5 Å². The molecular formula is C11H15Cl3N2O. The van der Waals surface area contributed by atoms with Crippen molar-refractivity contribution >= 4 is 41.5 Å². The van der Waals surface area contributed by atoms with Crippen molar-refractivity contribution in [3.63, 3.8) is 0 Å². The number of carbonyl (C=O) groups is 1. The standard InChI is InChI=1S/C11H14Cl2N2O.ClH/c1-6(14)11(16)15-7(2)9-5-8(12)3-4-10(9)13;/h3-7H,14H2,1-2H3,(H,15,16);1H/t6-,7?;/m1./s1. The Morgan fingerprint density at radius 2 is 1.94 bits per heavy atom. The number of carbonyl (C=O) groups excluding carboxylic acids is 1. The molecule has 1 aromatic rings. The maximum atomic E-state index is 11.4. The first-order valence-electron chi connectivity index (χ1n) is 4.92. The van der Waals surface area contributed by atoms with Gasteiger partial charge in [-0.25, -0.2) is 0 Å². The van der Waals surface area contributed by atoms with Crippen LogP contribution in [0, 0.1) is 0 Å². The van der Waals surface area contributed by atoms with Gasteiger partial charge in [0.25, 0.3) is 0 Å². The largest absolute Gasteiger partial charge is 0.348 e. The smallest absolute Gasteiger partial charge is 0.237 e. The lowest BCUT2D eigenvalue weighted by Crippen LogP contribution is -2.39. The molecule has 1 rings (SSSR count). The fraction of sp³-hybridized carbons (Fsp3) is 0.364. The number of hydrogen-bond donors (Lipinski definition) is 2. The first-order valence-corrected chi connectivity index (χ1v) is 5.68. The molecule has 1 aromatic carbocycles. The van der Waals surface area contributed by atoms with Crippen molar-refractivity contribution in [3.05, 3.63) is 33.8 Å². The fourth-order valence-corrected chi connectivity index (χ4v) is 1.73. The summed E-state index contributed by atoms with van der Waals surface area (Å²) in [5.74, 6) is -0.219. The molecule has 0 aliphatic rings. The number of rotatable bonds is 3. The average molecular weight is 298 g/mol. The molecule has 0 saturated heterocycles. The van der Waals surface area contributed by atoms with Gasteiger partial charge in [0, 0.05) is 10.0 Å². The van der Waals surface area contributed by atoms with Crippen molar-refractivity contribution in [2.75, 3.05) is 0 Å². The highest BCUT2D eigenvalue weighted by atomic mass is 35.5. The Labute approximate surface area is 117 Å². The second-order valence-corrected chi connectivity index (χ2v) is 4.53. The Bertz CT molecular complexity index is 396.